The molecule has 1 atom stereocenters. The molecule has 0 aromatic carbocycles. The molecule has 1 saturated heterocycles. The van der Waals surface area contributed by atoms with Gasteiger partial charge in [-0.15, -0.1) is 0 Å². The number of hydrogen-bond donors (Lipinski definition) is 0. The maximum Gasteiger partial charge on any atom is 0.410 e. The van der Waals surface area contributed by atoms with Gasteiger partial charge < -0.3 is 9.64 Å². The van der Waals surface area contributed by atoms with Gasteiger partial charge in [0.1, 0.15) is 0 Å². The first-order valence-corrected chi connectivity index (χ1v) is 4.48. The summed E-state index contributed by atoms with van der Waals surface area (Å²) < 4.78 is 5.00. The van der Waals surface area contributed by atoms with Crippen LogP contribution in [0.5, 0.6) is 0 Å². The van der Waals surface area contributed by atoms with Crippen LogP contribution in [-0.4, -0.2) is 30.2 Å². The smallest absolute Gasteiger partial charge is 0.410 e. The van der Waals surface area contributed by atoms with Crippen molar-refractivity contribution in [3.8, 4) is 6.07 Å². The van der Waals surface area contributed by atoms with Crippen LogP contribution >= 0.6 is 0 Å². The molecule has 0 aliphatic carbocycles. The molecule has 0 bridgehead atoms. The van der Waals surface area contributed by atoms with Crippen molar-refractivity contribution < 1.29 is 9.53 Å². The molecule has 13 heavy (non-hydrogen) atoms. The first kappa shape index (κ1) is 9.85. The highest BCUT2D eigenvalue weighted by atomic mass is 16.6. The second-order valence-corrected chi connectivity index (χ2v) is 3.49. The molecule has 1 unspecified atom stereocenters. The third-order valence-corrected chi connectivity index (χ3v) is 1.97. The molecule has 0 aromatic heterocycles. The molecule has 1 heterocycles. The summed E-state index contributed by atoms with van der Waals surface area (Å²) in [5, 5.41) is 8.62. The summed E-state index contributed by atoms with van der Waals surface area (Å²) in [7, 11) is 0. The molecule has 1 rings (SSSR count). The van der Waals surface area contributed by atoms with Gasteiger partial charge in [0.15, 0.2) is 0 Å². The lowest BCUT2D eigenvalue weighted by atomic mass is 10.1. The SMILES string of the molecule is CC(C)OC(=O)N1CCC(C#N)C1. The van der Waals surface area contributed by atoms with Gasteiger partial charge in [0.05, 0.1) is 18.1 Å². The van der Waals surface area contributed by atoms with Crippen LogP contribution in [-0.2, 0) is 4.74 Å². The minimum Gasteiger partial charge on any atom is -0.447 e. The average molecular weight is 182 g/mol. The molecule has 1 fully saturated rings. The van der Waals surface area contributed by atoms with E-state index in [4.69, 9.17) is 10.00 Å². The Morgan fingerprint density at radius 3 is 2.85 bits per heavy atom. The van der Waals surface area contributed by atoms with Crippen LogP contribution in [0.3, 0.4) is 0 Å². The van der Waals surface area contributed by atoms with Crippen molar-refractivity contribution in [2.45, 2.75) is 26.4 Å². The molecule has 0 spiro atoms. The maximum absolute atomic E-state index is 11.3. The number of carbonyl (C=O) groups excluding carboxylic acids is 1. The van der Waals surface area contributed by atoms with E-state index in [0.717, 1.165) is 6.42 Å². The molecule has 0 N–H and O–H groups in total. The van der Waals surface area contributed by atoms with Gasteiger partial charge in [-0.1, -0.05) is 0 Å². The van der Waals surface area contributed by atoms with E-state index in [9.17, 15) is 4.79 Å². The minimum absolute atomic E-state index is 0.0142. The van der Waals surface area contributed by atoms with Crippen molar-refractivity contribution in [3.63, 3.8) is 0 Å². The van der Waals surface area contributed by atoms with E-state index in [0.29, 0.717) is 13.1 Å². The third kappa shape index (κ3) is 2.62. The van der Waals surface area contributed by atoms with Crippen molar-refractivity contribution in [2.24, 2.45) is 5.92 Å². The van der Waals surface area contributed by atoms with Crippen LogP contribution in [0.2, 0.25) is 0 Å². The molecule has 1 aliphatic heterocycles. The predicted octanol–water partition coefficient (Wildman–Crippen LogP) is 1.38. The number of likely N-dealkylation sites (tertiary alicyclic amines) is 1. The number of nitriles is 1. The molecular formula is C9H14N2O2. The van der Waals surface area contributed by atoms with E-state index in [1.54, 1.807) is 4.90 Å². The summed E-state index contributed by atoms with van der Waals surface area (Å²) in [6.07, 6.45) is 0.380. The largest absolute Gasteiger partial charge is 0.447 e. The van der Waals surface area contributed by atoms with E-state index in [1.165, 1.54) is 0 Å². The van der Waals surface area contributed by atoms with Crippen molar-refractivity contribution in [2.75, 3.05) is 13.1 Å². The number of rotatable bonds is 1. The maximum atomic E-state index is 11.3. The molecule has 72 valence electrons. The Hall–Kier alpha value is -1.24. The third-order valence-electron chi connectivity index (χ3n) is 1.97. The standard InChI is InChI=1S/C9H14N2O2/c1-7(2)13-9(12)11-4-3-8(5-10)6-11/h7-8H,3-4,6H2,1-2H3. The summed E-state index contributed by atoms with van der Waals surface area (Å²) >= 11 is 0. The summed E-state index contributed by atoms with van der Waals surface area (Å²) in [5.74, 6) is -0.0142. The van der Waals surface area contributed by atoms with Crippen molar-refractivity contribution in [1.29, 1.82) is 5.26 Å². The van der Waals surface area contributed by atoms with Crippen LogP contribution in [0.1, 0.15) is 20.3 Å². The number of amides is 1. The number of carbonyl (C=O) groups is 1. The van der Waals surface area contributed by atoms with Gasteiger partial charge in [-0.25, -0.2) is 4.79 Å². The molecular weight excluding hydrogens is 168 g/mol. The zero-order chi connectivity index (χ0) is 9.84. The lowest BCUT2D eigenvalue weighted by Gasteiger charge is -2.17. The predicted molar refractivity (Wildman–Crippen MR) is 46.9 cm³/mol. The molecule has 0 aromatic rings. The highest BCUT2D eigenvalue weighted by Crippen LogP contribution is 2.16. The van der Waals surface area contributed by atoms with E-state index in [1.807, 2.05) is 13.8 Å². The average Bonchev–Trinajstić information content (AvgIpc) is 2.50. The molecule has 0 radical (unpaired) electrons. The van der Waals surface area contributed by atoms with Gasteiger partial charge in [-0.05, 0) is 20.3 Å². The monoisotopic (exact) mass is 182 g/mol. The van der Waals surface area contributed by atoms with Gasteiger partial charge in [0, 0.05) is 13.1 Å². The lowest BCUT2D eigenvalue weighted by Crippen LogP contribution is -2.31. The minimum atomic E-state index is -0.298. The second-order valence-electron chi connectivity index (χ2n) is 3.49. The van der Waals surface area contributed by atoms with Crippen LogP contribution in [0.25, 0.3) is 0 Å². The van der Waals surface area contributed by atoms with E-state index < -0.39 is 0 Å². The summed E-state index contributed by atoms with van der Waals surface area (Å²) in [4.78, 5) is 12.9. The summed E-state index contributed by atoms with van der Waals surface area (Å²) in [6.45, 7) is 4.79. The number of nitrogens with zero attached hydrogens (tertiary/aromatic N) is 2. The summed E-state index contributed by atoms with van der Waals surface area (Å²) in [6, 6.07) is 2.15. The van der Waals surface area contributed by atoms with Gasteiger partial charge in [-0.2, -0.15) is 5.26 Å². The van der Waals surface area contributed by atoms with E-state index in [2.05, 4.69) is 6.07 Å². The van der Waals surface area contributed by atoms with Crippen molar-refractivity contribution in [1.82, 2.24) is 4.90 Å². The molecule has 4 nitrogen and oxygen atoms in total. The van der Waals surface area contributed by atoms with Crippen LogP contribution in [0.4, 0.5) is 4.79 Å². The van der Waals surface area contributed by atoms with E-state index in [-0.39, 0.29) is 18.1 Å². The Labute approximate surface area is 78.1 Å². The Balaban J connectivity index is 2.38. The van der Waals surface area contributed by atoms with Crippen molar-refractivity contribution >= 4 is 6.09 Å². The highest BCUT2D eigenvalue weighted by Gasteiger charge is 2.27. The topological polar surface area (TPSA) is 53.3 Å². The van der Waals surface area contributed by atoms with Crippen LogP contribution in [0, 0.1) is 17.2 Å². The van der Waals surface area contributed by atoms with Crippen LogP contribution in [0.15, 0.2) is 0 Å². The normalized spacial score (nSPS) is 21.7. The van der Waals surface area contributed by atoms with Gasteiger partial charge >= 0.3 is 6.09 Å². The zero-order valence-corrected chi connectivity index (χ0v) is 7.99. The van der Waals surface area contributed by atoms with Gasteiger partial charge in [0.2, 0.25) is 0 Å². The Morgan fingerprint density at radius 1 is 1.69 bits per heavy atom. The highest BCUT2D eigenvalue weighted by molar-refractivity contribution is 5.68. The van der Waals surface area contributed by atoms with E-state index >= 15 is 0 Å². The molecule has 0 saturated carbocycles. The number of hydrogen-bond acceptors (Lipinski definition) is 3. The Kier molecular flexibility index (Phi) is 3.13. The Morgan fingerprint density at radius 2 is 2.38 bits per heavy atom. The quantitative estimate of drug-likeness (QED) is 0.615. The fraction of sp³-hybridized carbons (Fsp3) is 0.778. The van der Waals surface area contributed by atoms with Gasteiger partial charge in [-0.3, -0.25) is 0 Å². The Bertz CT molecular complexity index is 232. The fourth-order valence-electron chi connectivity index (χ4n) is 1.31. The van der Waals surface area contributed by atoms with Gasteiger partial charge in [0.25, 0.3) is 0 Å². The number of ether oxygens (including phenoxy) is 1. The fourth-order valence-corrected chi connectivity index (χ4v) is 1.31. The lowest BCUT2D eigenvalue weighted by molar-refractivity contribution is 0.0831. The first-order valence-electron chi connectivity index (χ1n) is 4.48. The van der Waals surface area contributed by atoms with Crippen molar-refractivity contribution in [3.05, 3.63) is 0 Å². The molecule has 4 heteroatoms. The summed E-state index contributed by atoms with van der Waals surface area (Å²) in [5.41, 5.74) is 0. The molecule has 1 aliphatic rings. The van der Waals surface area contributed by atoms with Crippen LogP contribution < -0.4 is 0 Å². The molecule has 1 amide bonds. The second kappa shape index (κ2) is 4.13. The first-order chi connectivity index (χ1) is 6.13. The zero-order valence-electron chi connectivity index (χ0n) is 7.99.